The fraction of sp³-hybridized carbons (Fsp3) is 0.882. The van der Waals surface area contributed by atoms with Gasteiger partial charge in [-0.15, -0.1) is 0 Å². The molecular formula is C17H31NO5S. The Morgan fingerprint density at radius 3 is 2.04 bits per heavy atom. The van der Waals surface area contributed by atoms with Crippen LogP contribution in [0.3, 0.4) is 0 Å². The first-order chi connectivity index (χ1) is 11.1. The number of rotatable bonds is 8. The van der Waals surface area contributed by atoms with Crippen molar-refractivity contribution in [3.8, 4) is 0 Å². The highest BCUT2D eigenvalue weighted by Crippen LogP contribution is 2.29. The summed E-state index contributed by atoms with van der Waals surface area (Å²) in [6.45, 7) is 7.12. The van der Waals surface area contributed by atoms with E-state index in [4.69, 9.17) is 0 Å². The van der Waals surface area contributed by atoms with E-state index >= 15 is 0 Å². The molecule has 0 saturated heterocycles. The Balaban J connectivity index is 2.97. The Morgan fingerprint density at radius 1 is 1.08 bits per heavy atom. The fourth-order valence-electron chi connectivity index (χ4n) is 3.38. The lowest BCUT2D eigenvalue weighted by molar-refractivity contribution is -0.142. The number of aliphatic carboxylic acids is 1. The second-order valence-corrected chi connectivity index (χ2v) is 9.90. The molecule has 1 saturated carbocycles. The minimum absolute atomic E-state index is 0.0823. The van der Waals surface area contributed by atoms with Crippen molar-refractivity contribution in [3.63, 3.8) is 0 Å². The van der Waals surface area contributed by atoms with Crippen LogP contribution >= 0.6 is 0 Å². The van der Waals surface area contributed by atoms with Crippen LogP contribution in [0.15, 0.2) is 0 Å². The maximum Gasteiger partial charge on any atom is 0.326 e. The lowest BCUT2D eigenvalue weighted by Gasteiger charge is -2.29. The Kier molecular flexibility index (Phi) is 7.70. The standard InChI is InChI=1S/C17H31NO5S/c1-11(2)10-14(17(20)21)18-16(19)15(12(3)4)24(22,23)13-8-6-5-7-9-13/h11-15H,5-10H2,1-4H3,(H,18,19)(H,20,21)/t14-,15?/m1/s1. The maximum atomic E-state index is 12.9. The van der Waals surface area contributed by atoms with E-state index in [1.54, 1.807) is 13.8 Å². The summed E-state index contributed by atoms with van der Waals surface area (Å²) in [6, 6.07) is -1.06. The minimum atomic E-state index is -3.63. The molecule has 2 N–H and O–H groups in total. The van der Waals surface area contributed by atoms with Gasteiger partial charge >= 0.3 is 5.97 Å². The number of carbonyl (C=O) groups is 2. The molecule has 1 fully saturated rings. The molecule has 140 valence electrons. The van der Waals surface area contributed by atoms with E-state index in [-0.39, 0.29) is 12.3 Å². The summed E-state index contributed by atoms with van der Waals surface area (Å²) < 4.78 is 25.9. The van der Waals surface area contributed by atoms with Gasteiger partial charge in [-0.25, -0.2) is 13.2 Å². The summed E-state index contributed by atoms with van der Waals surface area (Å²) in [7, 11) is -3.63. The van der Waals surface area contributed by atoms with Crippen LogP contribution in [0.4, 0.5) is 0 Å². The lowest BCUT2D eigenvalue weighted by Crippen LogP contribution is -2.52. The van der Waals surface area contributed by atoms with Crippen molar-refractivity contribution in [1.82, 2.24) is 5.32 Å². The molecule has 0 bridgehead atoms. The van der Waals surface area contributed by atoms with Gasteiger partial charge in [-0.05, 0) is 31.1 Å². The van der Waals surface area contributed by atoms with Gasteiger partial charge in [0.1, 0.15) is 11.3 Å². The second kappa shape index (κ2) is 8.83. The molecule has 0 heterocycles. The quantitative estimate of drug-likeness (QED) is 0.691. The van der Waals surface area contributed by atoms with Crippen LogP contribution in [-0.4, -0.2) is 41.9 Å². The summed E-state index contributed by atoms with van der Waals surface area (Å²) in [5.41, 5.74) is 0. The molecule has 2 atom stereocenters. The van der Waals surface area contributed by atoms with Crippen molar-refractivity contribution in [1.29, 1.82) is 0 Å². The van der Waals surface area contributed by atoms with Gasteiger partial charge in [-0.3, -0.25) is 4.79 Å². The van der Waals surface area contributed by atoms with Gasteiger partial charge in [0, 0.05) is 0 Å². The predicted molar refractivity (Wildman–Crippen MR) is 93.4 cm³/mol. The molecule has 1 aliphatic rings. The van der Waals surface area contributed by atoms with E-state index in [2.05, 4.69) is 5.32 Å². The van der Waals surface area contributed by atoms with E-state index in [0.717, 1.165) is 19.3 Å². The second-order valence-electron chi connectivity index (χ2n) is 7.54. The third-order valence-corrected chi connectivity index (χ3v) is 7.42. The molecule has 1 amide bonds. The van der Waals surface area contributed by atoms with E-state index in [0.29, 0.717) is 12.8 Å². The fourth-order valence-corrected chi connectivity index (χ4v) is 5.91. The van der Waals surface area contributed by atoms with Crippen LogP contribution in [-0.2, 0) is 19.4 Å². The van der Waals surface area contributed by atoms with Gasteiger partial charge in [0.2, 0.25) is 5.91 Å². The van der Waals surface area contributed by atoms with Gasteiger partial charge < -0.3 is 10.4 Å². The molecule has 0 aliphatic heterocycles. The highest BCUT2D eigenvalue weighted by molar-refractivity contribution is 7.93. The average molecular weight is 362 g/mol. The molecule has 1 aliphatic carbocycles. The number of hydrogen-bond acceptors (Lipinski definition) is 4. The SMILES string of the molecule is CC(C)C[C@@H](NC(=O)C(C(C)C)S(=O)(=O)C1CCCCC1)C(=O)O. The molecule has 0 aromatic carbocycles. The van der Waals surface area contributed by atoms with Crippen molar-refractivity contribution >= 4 is 21.7 Å². The molecule has 24 heavy (non-hydrogen) atoms. The van der Waals surface area contributed by atoms with Crippen LogP contribution in [0.2, 0.25) is 0 Å². The summed E-state index contributed by atoms with van der Waals surface area (Å²) in [5.74, 6) is -2.12. The van der Waals surface area contributed by atoms with Crippen LogP contribution < -0.4 is 5.32 Å². The van der Waals surface area contributed by atoms with Gasteiger partial charge in [0.25, 0.3) is 0 Å². The zero-order valence-electron chi connectivity index (χ0n) is 15.1. The number of hydrogen-bond donors (Lipinski definition) is 2. The van der Waals surface area contributed by atoms with E-state index in [1.807, 2.05) is 13.8 Å². The first-order valence-electron chi connectivity index (χ1n) is 8.83. The summed E-state index contributed by atoms with van der Waals surface area (Å²) in [4.78, 5) is 24.0. The molecule has 0 aromatic heterocycles. The highest BCUT2D eigenvalue weighted by atomic mass is 32.2. The number of carboxylic acid groups (broad SMARTS) is 1. The Hall–Kier alpha value is -1.11. The number of nitrogens with one attached hydrogen (secondary N) is 1. The summed E-state index contributed by atoms with van der Waals surface area (Å²) >= 11 is 0. The van der Waals surface area contributed by atoms with Crippen LogP contribution in [0.25, 0.3) is 0 Å². The molecule has 7 heteroatoms. The van der Waals surface area contributed by atoms with Gasteiger partial charge in [0.05, 0.1) is 5.25 Å². The summed E-state index contributed by atoms with van der Waals surface area (Å²) in [6.07, 6.45) is 4.21. The smallest absolute Gasteiger partial charge is 0.326 e. The number of carboxylic acids is 1. The van der Waals surface area contributed by atoms with E-state index in [1.165, 1.54) is 0 Å². The zero-order valence-corrected chi connectivity index (χ0v) is 15.9. The normalized spacial score (nSPS) is 19.2. The van der Waals surface area contributed by atoms with Crippen molar-refractivity contribution in [2.75, 3.05) is 0 Å². The largest absolute Gasteiger partial charge is 0.480 e. The highest BCUT2D eigenvalue weighted by Gasteiger charge is 2.42. The van der Waals surface area contributed by atoms with Crippen LogP contribution in [0, 0.1) is 11.8 Å². The molecule has 0 aromatic rings. The molecule has 0 spiro atoms. The molecular weight excluding hydrogens is 330 g/mol. The molecule has 6 nitrogen and oxygen atoms in total. The van der Waals surface area contributed by atoms with Gasteiger partial charge in [-0.1, -0.05) is 47.0 Å². The predicted octanol–water partition coefficient (Wildman–Crippen LogP) is 2.37. The van der Waals surface area contributed by atoms with Crippen molar-refractivity contribution in [2.24, 2.45) is 11.8 Å². The minimum Gasteiger partial charge on any atom is -0.480 e. The third kappa shape index (κ3) is 5.46. The molecule has 1 unspecified atom stereocenters. The monoisotopic (exact) mass is 361 g/mol. The number of carbonyl (C=O) groups excluding carboxylic acids is 1. The van der Waals surface area contributed by atoms with E-state index in [9.17, 15) is 23.1 Å². The van der Waals surface area contributed by atoms with Crippen LogP contribution in [0.1, 0.15) is 66.2 Å². The first-order valence-corrected chi connectivity index (χ1v) is 10.4. The Labute approximate surface area is 145 Å². The van der Waals surface area contributed by atoms with Gasteiger partial charge in [-0.2, -0.15) is 0 Å². The van der Waals surface area contributed by atoms with Crippen molar-refractivity contribution < 1.29 is 23.1 Å². The first kappa shape index (κ1) is 20.9. The average Bonchev–Trinajstić information content (AvgIpc) is 2.46. The molecule has 1 rings (SSSR count). The van der Waals surface area contributed by atoms with E-state index < -0.39 is 44.2 Å². The maximum absolute atomic E-state index is 12.9. The zero-order chi connectivity index (χ0) is 18.5. The third-order valence-electron chi connectivity index (χ3n) is 4.56. The van der Waals surface area contributed by atoms with Crippen molar-refractivity contribution in [3.05, 3.63) is 0 Å². The number of sulfone groups is 1. The number of amides is 1. The topological polar surface area (TPSA) is 101 Å². The van der Waals surface area contributed by atoms with Crippen molar-refractivity contribution in [2.45, 2.75) is 82.8 Å². The lowest BCUT2D eigenvalue weighted by atomic mass is 10.0. The Bertz CT molecular complexity index is 535. The molecule has 0 radical (unpaired) electrons. The van der Waals surface area contributed by atoms with Crippen LogP contribution in [0.5, 0.6) is 0 Å². The Morgan fingerprint density at radius 2 is 1.62 bits per heavy atom. The summed E-state index contributed by atoms with van der Waals surface area (Å²) in [5, 5.41) is 10.1. The van der Waals surface area contributed by atoms with Gasteiger partial charge in [0.15, 0.2) is 9.84 Å².